The molecule has 4 nitrogen and oxygen atoms in total. The SMILES string of the molecule is C=C/C(=C\C(=C)C(=O)NCCC(=C)NC)OC. The Morgan fingerprint density at radius 3 is 2.53 bits per heavy atom. The summed E-state index contributed by atoms with van der Waals surface area (Å²) in [5.74, 6) is 0.273. The van der Waals surface area contributed by atoms with Crippen LogP contribution >= 0.6 is 0 Å². The molecule has 0 bridgehead atoms. The molecule has 0 heterocycles. The van der Waals surface area contributed by atoms with Crippen molar-refractivity contribution < 1.29 is 9.53 Å². The van der Waals surface area contributed by atoms with Crippen LogP contribution in [0.3, 0.4) is 0 Å². The standard InChI is InChI=1S/C13H20N2O2/c1-6-12(17-5)9-10(2)13(16)15-8-7-11(3)14-4/h6,9,14H,1-3,7-8H2,4-5H3,(H,15,16)/b12-9+. The molecule has 1 amide bonds. The summed E-state index contributed by atoms with van der Waals surface area (Å²) in [5, 5.41) is 5.63. The summed E-state index contributed by atoms with van der Waals surface area (Å²) >= 11 is 0. The second-order valence-electron chi connectivity index (χ2n) is 3.34. The van der Waals surface area contributed by atoms with Gasteiger partial charge < -0.3 is 15.4 Å². The zero-order valence-corrected chi connectivity index (χ0v) is 10.5. The van der Waals surface area contributed by atoms with E-state index in [2.05, 4.69) is 30.4 Å². The zero-order chi connectivity index (χ0) is 13.3. The van der Waals surface area contributed by atoms with E-state index in [4.69, 9.17) is 4.74 Å². The third-order valence-electron chi connectivity index (χ3n) is 2.11. The molecule has 0 aliphatic heterocycles. The summed E-state index contributed by atoms with van der Waals surface area (Å²) < 4.78 is 4.96. The fraction of sp³-hybridized carbons (Fsp3) is 0.308. The van der Waals surface area contributed by atoms with Gasteiger partial charge in [0.1, 0.15) is 5.76 Å². The van der Waals surface area contributed by atoms with Crippen LogP contribution in [0, 0.1) is 0 Å². The number of allylic oxidation sites excluding steroid dienone is 1. The number of ether oxygens (including phenoxy) is 1. The van der Waals surface area contributed by atoms with Crippen molar-refractivity contribution >= 4 is 5.91 Å². The molecule has 0 saturated heterocycles. The highest BCUT2D eigenvalue weighted by molar-refractivity contribution is 5.95. The minimum absolute atomic E-state index is 0.231. The molecule has 0 aromatic carbocycles. The summed E-state index contributed by atoms with van der Waals surface area (Å²) in [6, 6.07) is 0. The summed E-state index contributed by atoms with van der Waals surface area (Å²) in [4.78, 5) is 11.6. The second-order valence-corrected chi connectivity index (χ2v) is 3.34. The average molecular weight is 236 g/mol. The molecule has 17 heavy (non-hydrogen) atoms. The van der Waals surface area contributed by atoms with E-state index < -0.39 is 0 Å². The molecule has 0 saturated carbocycles. The minimum Gasteiger partial charge on any atom is -0.497 e. The number of carbonyl (C=O) groups is 1. The first-order valence-electron chi connectivity index (χ1n) is 5.25. The second kappa shape index (κ2) is 8.21. The van der Waals surface area contributed by atoms with Crippen LogP contribution < -0.4 is 10.6 Å². The van der Waals surface area contributed by atoms with Gasteiger partial charge in [0.2, 0.25) is 0 Å². The van der Waals surface area contributed by atoms with Gasteiger partial charge in [-0.05, 0) is 12.2 Å². The largest absolute Gasteiger partial charge is 0.497 e. The lowest BCUT2D eigenvalue weighted by molar-refractivity contribution is -0.117. The van der Waals surface area contributed by atoms with E-state index in [-0.39, 0.29) is 5.91 Å². The van der Waals surface area contributed by atoms with Crippen molar-refractivity contribution in [2.24, 2.45) is 0 Å². The van der Waals surface area contributed by atoms with Gasteiger partial charge in [-0.3, -0.25) is 4.79 Å². The highest BCUT2D eigenvalue weighted by atomic mass is 16.5. The number of amides is 1. The lowest BCUT2D eigenvalue weighted by Gasteiger charge is -2.07. The predicted octanol–water partition coefficient (Wildman–Crippen LogP) is 1.50. The first-order chi connectivity index (χ1) is 8.04. The van der Waals surface area contributed by atoms with Crippen molar-refractivity contribution in [3.05, 3.63) is 48.9 Å². The molecule has 0 rings (SSSR count). The molecule has 4 heteroatoms. The van der Waals surface area contributed by atoms with Gasteiger partial charge in [-0.25, -0.2) is 0 Å². The normalized spacial score (nSPS) is 10.4. The van der Waals surface area contributed by atoms with Crippen LogP contribution in [0.1, 0.15) is 6.42 Å². The van der Waals surface area contributed by atoms with Gasteiger partial charge in [0, 0.05) is 31.3 Å². The van der Waals surface area contributed by atoms with Crippen LogP contribution in [-0.2, 0) is 9.53 Å². The number of methoxy groups -OCH3 is 1. The maximum Gasteiger partial charge on any atom is 0.250 e. The fourth-order valence-electron chi connectivity index (χ4n) is 1.00. The van der Waals surface area contributed by atoms with Gasteiger partial charge in [0.15, 0.2) is 0 Å². The van der Waals surface area contributed by atoms with E-state index in [9.17, 15) is 4.79 Å². The van der Waals surface area contributed by atoms with E-state index in [0.29, 0.717) is 24.3 Å². The summed E-state index contributed by atoms with van der Waals surface area (Å²) in [5.41, 5.74) is 1.20. The lowest BCUT2D eigenvalue weighted by atomic mass is 10.2. The van der Waals surface area contributed by atoms with E-state index >= 15 is 0 Å². The maximum absolute atomic E-state index is 11.6. The van der Waals surface area contributed by atoms with Crippen molar-refractivity contribution in [3.8, 4) is 0 Å². The molecule has 0 aliphatic carbocycles. The quantitative estimate of drug-likeness (QED) is 0.381. The molecule has 0 fully saturated rings. The first kappa shape index (κ1) is 15.0. The molecule has 0 radical (unpaired) electrons. The highest BCUT2D eigenvalue weighted by Crippen LogP contribution is 2.03. The van der Waals surface area contributed by atoms with Crippen LogP contribution in [-0.4, -0.2) is 26.6 Å². The van der Waals surface area contributed by atoms with Crippen molar-refractivity contribution in [3.63, 3.8) is 0 Å². The first-order valence-corrected chi connectivity index (χ1v) is 5.25. The topological polar surface area (TPSA) is 50.4 Å². The zero-order valence-electron chi connectivity index (χ0n) is 10.5. The Kier molecular flexibility index (Phi) is 7.26. The van der Waals surface area contributed by atoms with Gasteiger partial charge in [-0.1, -0.05) is 19.7 Å². The summed E-state index contributed by atoms with van der Waals surface area (Å²) in [6.07, 6.45) is 3.73. The van der Waals surface area contributed by atoms with Gasteiger partial charge in [-0.15, -0.1) is 0 Å². The van der Waals surface area contributed by atoms with Gasteiger partial charge in [0.05, 0.1) is 7.11 Å². The molecule has 0 aliphatic rings. The van der Waals surface area contributed by atoms with Crippen molar-refractivity contribution in [1.29, 1.82) is 0 Å². The van der Waals surface area contributed by atoms with Gasteiger partial charge >= 0.3 is 0 Å². The third-order valence-corrected chi connectivity index (χ3v) is 2.11. The molecule has 2 N–H and O–H groups in total. The lowest BCUT2D eigenvalue weighted by Crippen LogP contribution is -2.26. The Morgan fingerprint density at radius 1 is 1.41 bits per heavy atom. The summed E-state index contributed by atoms with van der Waals surface area (Å²) in [7, 11) is 3.30. The smallest absolute Gasteiger partial charge is 0.250 e. The number of nitrogens with one attached hydrogen (secondary N) is 2. The molecule has 0 unspecified atom stereocenters. The Morgan fingerprint density at radius 2 is 2.06 bits per heavy atom. The van der Waals surface area contributed by atoms with Crippen LogP contribution in [0.4, 0.5) is 0 Å². The van der Waals surface area contributed by atoms with Crippen LogP contribution in [0.25, 0.3) is 0 Å². The molecule has 0 spiro atoms. The Hall–Kier alpha value is -1.97. The highest BCUT2D eigenvalue weighted by Gasteiger charge is 2.04. The predicted molar refractivity (Wildman–Crippen MR) is 70.3 cm³/mol. The number of rotatable bonds is 8. The van der Waals surface area contributed by atoms with Gasteiger partial charge in [0.25, 0.3) is 5.91 Å². The number of hydrogen-bond acceptors (Lipinski definition) is 3. The van der Waals surface area contributed by atoms with Crippen molar-refractivity contribution in [2.45, 2.75) is 6.42 Å². The van der Waals surface area contributed by atoms with E-state index in [0.717, 1.165) is 5.70 Å². The average Bonchev–Trinajstić information content (AvgIpc) is 2.34. The summed E-state index contributed by atoms with van der Waals surface area (Å²) in [6.45, 7) is 11.5. The maximum atomic E-state index is 11.6. The van der Waals surface area contributed by atoms with E-state index in [1.54, 1.807) is 7.05 Å². The Labute approximate surface area is 103 Å². The molecular formula is C13H20N2O2. The Bertz CT molecular complexity index is 343. The fourth-order valence-corrected chi connectivity index (χ4v) is 1.00. The number of carbonyl (C=O) groups excluding carboxylic acids is 1. The van der Waals surface area contributed by atoms with E-state index in [1.165, 1.54) is 19.3 Å². The van der Waals surface area contributed by atoms with Crippen molar-refractivity contribution in [1.82, 2.24) is 10.6 Å². The Balaban J connectivity index is 4.15. The molecule has 0 aromatic heterocycles. The van der Waals surface area contributed by atoms with E-state index in [1.807, 2.05) is 0 Å². The van der Waals surface area contributed by atoms with Gasteiger partial charge in [-0.2, -0.15) is 0 Å². The minimum atomic E-state index is -0.231. The monoisotopic (exact) mass is 236 g/mol. The third kappa shape index (κ3) is 6.25. The number of hydrogen-bond donors (Lipinski definition) is 2. The van der Waals surface area contributed by atoms with Crippen LogP contribution in [0.15, 0.2) is 48.9 Å². The van der Waals surface area contributed by atoms with Crippen LogP contribution in [0.5, 0.6) is 0 Å². The molecule has 0 aromatic rings. The van der Waals surface area contributed by atoms with Crippen LogP contribution in [0.2, 0.25) is 0 Å². The molecule has 0 atom stereocenters. The molecule has 94 valence electrons. The molecular weight excluding hydrogens is 216 g/mol. The van der Waals surface area contributed by atoms with Crippen molar-refractivity contribution in [2.75, 3.05) is 20.7 Å².